The Labute approximate surface area is 119 Å². The van der Waals surface area contributed by atoms with Gasteiger partial charge >= 0.3 is 5.97 Å². The van der Waals surface area contributed by atoms with Crippen LogP contribution in [-0.2, 0) is 14.3 Å². The molecule has 2 aliphatic heterocycles. The Kier molecular flexibility index (Phi) is 2.99. The lowest BCUT2D eigenvalue weighted by Crippen LogP contribution is -2.32. The molecule has 2 aliphatic rings. The van der Waals surface area contributed by atoms with E-state index in [4.69, 9.17) is 27.9 Å². The highest BCUT2D eigenvalue weighted by Crippen LogP contribution is 2.39. The van der Waals surface area contributed by atoms with Crippen molar-refractivity contribution in [2.75, 3.05) is 6.61 Å². The lowest BCUT2D eigenvalue weighted by atomic mass is 9.85. The van der Waals surface area contributed by atoms with Crippen molar-refractivity contribution < 1.29 is 14.3 Å². The monoisotopic (exact) mass is 297 g/mol. The van der Waals surface area contributed by atoms with Gasteiger partial charge in [0.05, 0.1) is 11.3 Å². The highest BCUT2D eigenvalue weighted by Gasteiger charge is 2.38. The number of carbonyl (C=O) groups excluding carboxylic acids is 2. The van der Waals surface area contributed by atoms with Gasteiger partial charge in [-0.05, 0) is 17.7 Å². The standard InChI is InChI=1S/C13H9Cl2NO3/c14-6-1-2-7(9(15)3-6)8-4-11(17)16-10-5-19-13(18)12(8)10/h1-3,8H,4-5H2,(H,16,17)/t8-/m1/s1. The summed E-state index contributed by atoms with van der Waals surface area (Å²) in [6, 6.07) is 5.03. The number of hydrogen-bond donors (Lipinski definition) is 1. The highest BCUT2D eigenvalue weighted by molar-refractivity contribution is 6.35. The van der Waals surface area contributed by atoms with Gasteiger partial charge in [0.25, 0.3) is 0 Å². The van der Waals surface area contributed by atoms with Gasteiger partial charge in [-0.3, -0.25) is 4.79 Å². The molecule has 0 saturated heterocycles. The average molecular weight is 298 g/mol. The Morgan fingerprint density at radius 3 is 2.79 bits per heavy atom. The summed E-state index contributed by atoms with van der Waals surface area (Å²) in [5.74, 6) is -0.914. The van der Waals surface area contributed by atoms with Crippen LogP contribution in [0.5, 0.6) is 0 Å². The van der Waals surface area contributed by atoms with Crippen LogP contribution in [0.3, 0.4) is 0 Å². The van der Waals surface area contributed by atoms with Crippen molar-refractivity contribution in [2.45, 2.75) is 12.3 Å². The fraction of sp³-hybridized carbons (Fsp3) is 0.231. The van der Waals surface area contributed by atoms with Crippen LogP contribution in [0, 0.1) is 0 Å². The topological polar surface area (TPSA) is 55.4 Å². The third kappa shape index (κ3) is 2.11. The molecule has 0 spiro atoms. The predicted octanol–water partition coefficient (Wildman–Crippen LogP) is 2.41. The minimum Gasteiger partial charge on any atom is -0.456 e. The molecule has 1 N–H and O–H groups in total. The van der Waals surface area contributed by atoms with Gasteiger partial charge in [-0.25, -0.2) is 4.79 Å². The van der Waals surface area contributed by atoms with Gasteiger partial charge in [0.1, 0.15) is 6.61 Å². The molecule has 0 bridgehead atoms. The molecule has 0 aliphatic carbocycles. The number of rotatable bonds is 1. The van der Waals surface area contributed by atoms with E-state index in [0.717, 1.165) is 0 Å². The Hall–Kier alpha value is -1.52. The number of benzene rings is 1. The fourth-order valence-electron chi connectivity index (χ4n) is 2.43. The number of esters is 1. The Morgan fingerprint density at radius 2 is 2.05 bits per heavy atom. The Morgan fingerprint density at radius 1 is 1.26 bits per heavy atom. The summed E-state index contributed by atoms with van der Waals surface area (Å²) < 4.78 is 4.97. The third-order valence-electron chi connectivity index (χ3n) is 3.26. The first-order chi connectivity index (χ1) is 9.06. The van der Waals surface area contributed by atoms with Crippen LogP contribution in [0.4, 0.5) is 0 Å². The van der Waals surface area contributed by atoms with Gasteiger partial charge < -0.3 is 10.1 Å². The van der Waals surface area contributed by atoms with Crippen molar-refractivity contribution >= 4 is 35.1 Å². The molecular weight excluding hydrogens is 289 g/mol. The molecule has 0 fully saturated rings. The fourth-order valence-corrected chi connectivity index (χ4v) is 2.97. The van der Waals surface area contributed by atoms with E-state index in [9.17, 15) is 9.59 Å². The zero-order valence-electron chi connectivity index (χ0n) is 9.70. The normalized spacial score (nSPS) is 22.1. The van der Waals surface area contributed by atoms with Crippen LogP contribution < -0.4 is 5.32 Å². The average Bonchev–Trinajstić information content (AvgIpc) is 2.70. The molecule has 1 atom stereocenters. The minimum atomic E-state index is -0.397. The van der Waals surface area contributed by atoms with Crippen LogP contribution in [0.15, 0.2) is 29.5 Å². The first kappa shape index (κ1) is 12.5. The SMILES string of the molecule is O=C1C[C@H](c2ccc(Cl)cc2Cl)C2=C(COC2=O)N1. The molecule has 19 heavy (non-hydrogen) atoms. The second kappa shape index (κ2) is 4.54. The Balaban J connectivity index is 2.10. The second-order valence-electron chi connectivity index (χ2n) is 4.44. The minimum absolute atomic E-state index is 0.113. The number of cyclic esters (lactones) is 1. The molecule has 0 aromatic heterocycles. The molecule has 4 nitrogen and oxygen atoms in total. The van der Waals surface area contributed by atoms with Gasteiger partial charge in [-0.1, -0.05) is 29.3 Å². The Bertz CT molecular complexity index is 624. The van der Waals surface area contributed by atoms with E-state index < -0.39 is 5.97 Å². The summed E-state index contributed by atoms with van der Waals surface area (Å²) in [4.78, 5) is 23.5. The molecule has 98 valence electrons. The van der Waals surface area contributed by atoms with Gasteiger partial charge in [0.15, 0.2) is 0 Å². The van der Waals surface area contributed by atoms with Crippen molar-refractivity contribution in [2.24, 2.45) is 0 Å². The van der Waals surface area contributed by atoms with Crippen molar-refractivity contribution in [3.8, 4) is 0 Å². The summed E-state index contributed by atoms with van der Waals surface area (Å²) in [6.45, 7) is 0.113. The van der Waals surface area contributed by atoms with Crippen molar-refractivity contribution in [1.29, 1.82) is 0 Å². The lowest BCUT2D eigenvalue weighted by molar-refractivity contribution is -0.136. The summed E-state index contributed by atoms with van der Waals surface area (Å²) >= 11 is 12.0. The van der Waals surface area contributed by atoms with Crippen molar-refractivity contribution in [3.05, 3.63) is 45.1 Å². The van der Waals surface area contributed by atoms with E-state index in [2.05, 4.69) is 5.32 Å². The second-order valence-corrected chi connectivity index (χ2v) is 5.28. The van der Waals surface area contributed by atoms with E-state index >= 15 is 0 Å². The molecule has 0 saturated carbocycles. The molecule has 1 aromatic rings. The summed E-state index contributed by atoms with van der Waals surface area (Å²) in [5.41, 5.74) is 1.74. The molecule has 0 unspecified atom stereocenters. The molecule has 1 amide bonds. The molecular formula is C13H9Cl2NO3. The van der Waals surface area contributed by atoms with Crippen molar-refractivity contribution in [3.63, 3.8) is 0 Å². The third-order valence-corrected chi connectivity index (χ3v) is 3.82. The number of amides is 1. The van der Waals surface area contributed by atoms with Crippen LogP contribution >= 0.6 is 23.2 Å². The number of nitrogens with one attached hydrogen (secondary N) is 1. The lowest BCUT2D eigenvalue weighted by Gasteiger charge is -2.23. The van der Waals surface area contributed by atoms with E-state index in [0.29, 0.717) is 26.9 Å². The zero-order valence-corrected chi connectivity index (χ0v) is 11.2. The quantitative estimate of drug-likeness (QED) is 0.810. The van der Waals surface area contributed by atoms with Crippen LogP contribution in [0.2, 0.25) is 10.0 Å². The van der Waals surface area contributed by atoms with Gasteiger partial charge in [0.2, 0.25) is 5.91 Å². The molecule has 2 heterocycles. The van der Waals surface area contributed by atoms with Gasteiger partial charge in [0, 0.05) is 22.4 Å². The van der Waals surface area contributed by atoms with Gasteiger partial charge in [-0.15, -0.1) is 0 Å². The smallest absolute Gasteiger partial charge is 0.336 e. The maximum absolute atomic E-state index is 11.8. The van der Waals surface area contributed by atoms with Crippen LogP contribution in [0.1, 0.15) is 17.9 Å². The van der Waals surface area contributed by atoms with Crippen molar-refractivity contribution in [1.82, 2.24) is 5.32 Å². The zero-order chi connectivity index (χ0) is 13.6. The molecule has 0 radical (unpaired) electrons. The summed E-state index contributed by atoms with van der Waals surface area (Å²) in [5, 5.41) is 3.62. The van der Waals surface area contributed by atoms with E-state index in [1.54, 1.807) is 18.2 Å². The maximum atomic E-state index is 11.8. The van der Waals surface area contributed by atoms with E-state index in [1.807, 2.05) is 0 Å². The van der Waals surface area contributed by atoms with E-state index in [1.165, 1.54) is 0 Å². The summed E-state index contributed by atoms with van der Waals surface area (Å²) in [6.07, 6.45) is 0.176. The molecule has 3 rings (SSSR count). The van der Waals surface area contributed by atoms with Crippen LogP contribution in [-0.4, -0.2) is 18.5 Å². The highest BCUT2D eigenvalue weighted by atomic mass is 35.5. The number of carbonyl (C=O) groups is 2. The number of halogens is 2. The summed E-state index contributed by atoms with van der Waals surface area (Å²) in [7, 11) is 0. The molecule has 1 aromatic carbocycles. The number of hydrogen-bond acceptors (Lipinski definition) is 3. The van der Waals surface area contributed by atoms with Crippen LogP contribution in [0.25, 0.3) is 0 Å². The molecule has 6 heteroatoms. The first-order valence-corrected chi connectivity index (χ1v) is 6.47. The number of ether oxygens (including phenoxy) is 1. The first-order valence-electron chi connectivity index (χ1n) is 5.71. The maximum Gasteiger partial charge on any atom is 0.336 e. The van der Waals surface area contributed by atoms with E-state index in [-0.39, 0.29) is 24.9 Å². The van der Waals surface area contributed by atoms with Gasteiger partial charge in [-0.2, -0.15) is 0 Å². The largest absolute Gasteiger partial charge is 0.456 e. The predicted molar refractivity (Wildman–Crippen MR) is 69.9 cm³/mol.